The van der Waals surface area contributed by atoms with Gasteiger partial charge < -0.3 is 15.0 Å². The van der Waals surface area contributed by atoms with Crippen LogP contribution in [0.2, 0.25) is 0 Å². The van der Waals surface area contributed by atoms with Crippen molar-refractivity contribution in [2.45, 2.75) is 50.5 Å². The van der Waals surface area contributed by atoms with Gasteiger partial charge in [-0.25, -0.2) is 13.2 Å². The summed E-state index contributed by atoms with van der Waals surface area (Å²) >= 11 is 0. The number of rotatable bonds is 5. The van der Waals surface area contributed by atoms with Crippen molar-refractivity contribution in [1.82, 2.24) is 5.32 Å². The number of benzene rings is 1. The summed E-state index contributed by atoms with van der Waals surface area (Å²) in [5.74, 6) is -0.0550. The third-order valence-corrected chi connectivity index (χ3v) is 7.08. The number of hydrogen-bond donors (Lipinski definition) is 1. The predicted molar refractivity (Wildman–Crippen MR) is 102 cm³/mol. The maximum atomic E-state index is 12.5. The molecular formula is C19H26N2O5S. The number of amides is 1. The summed E-state index contributed by atoms with van der Waals surface area (Å²) in [6.07, 6.45) is 4.40. The number of carbonyl (C=O) groups excluding carboxylic acids is 2. The summed E-state index contributed by atoms with van der Waals surface area (Å²) in [6, 6.07) is 4.62. The molecule has 1 aromatic carbocycles. The topological polar surface area (TPSA) is 92.8 Å². The molecule has 0 spiro atoms. The van der Waals surface area contributed by atoms with Crippen molar-refractivity contribution in [3.63, 3.8) is 0 Å². The number of carbonyl (C=O) groups is 2. The zero-order valence-corrected chi connectivity index (χ0v) is 16.5. The third-order valence-electron chi connectivity index (χ3n) is 5.35. The molecule has 7 nitrogen and oxygen atoms in total. The summed E-state index contributed by atoms with van der Waals surface area (Å²) in [6.45, 7) is 3.70. The molecule has 1 amide bonds. The van der Waals surface area contributed by atoms with E-state index >= 15 is 0 Å². The van der Waals surface area contributed by atoms with E-state index < -0.39 is 15.8 Å². The van der Waals surface area contributed by atoms with Crippen molar-refractivity contribution >= 4 is 27.4 Å². The van der Waals surface area contributed by atoms with Gasteiger partial charge in [0.05, 0.1) is 22.9 Å². The zero-order valence-electron chi connectivity index (χ0n) is 15.7. The molecule has 1 fully saturated rings. The van der Waals surface area contributed by atoms with Gasteiger partial charge in [0, 0.05) is 12.1 Å². The highest BCUT2D eigenvalue weighted by Gasteiger charge is 2.29. The van der Waals surface area contributed by atoms with Gasteiger partial charge in [-0.1, -0.05) is 26.7 Å². The fraction of sp³-hybridized carbons (Fsp3) is 0.579. The van der Waals surface area contributed by atoms with Gasteiger partial charge in [-0.3, -0.25) is 4.79 Å². The average molecular weight is 394 g/mol. The van der Waals surface area contributed by atoms with E-state index in [1.807, 2.05) is 0 Å². The van der Waals surface area contributed by atoms with Crippen LogP contribution in [-0.2, 0) is 19.4 Å². The van der Waals surface area contributed by atoms with Crippen LogP contribution >= 0.6 is 0 Å². The molecule has 1 aliphatic carbocycles. The number of nitrogens with one attached hydrogen (secondary N) is 1. The Labute approximate surface area is 160 Å². The second-order valence-electron chi connectivity index (χ2n) is 7.30. The Morgan fingerprint density at radius 2 is 2.04 bits per heavy atom. The van der Waals surface area contributed by atoms with Crippen LogP contribution in [0, 0.1) is 5.92 Å². The minimum Gasteiger partial charge on any atom is -0.423 e. The van der Waals surface area contributed by atoms with Gasteiger partial charge in [0.25, 0.3) is 0 Å². The molecule has 2 aliphatic rings. The summed E-state index contributed by atoms with van der Waals surface area (Å²) in [4.78, 5) is 26.2. The minimum absolute atomic E-state index is 0.0329. The zero-order chi connectivity index (χ0) is 19.6. The first-order chi connectivity index (χ1) is 12.8. The normalized spacial score (nSPS) is 22.7. The minimum atomic E-state index is -3.40. The van der Waals surface area contributed by atoms with Crippen LogP contribution in [0.3, 0.4) is 0 Å². The highest BCUT2D eigenvalue weighted by atomic mass is 32.2. The number of esters is 1. The monoisotopic (exact) mass is 394 g/mol. The maximum Gasteiger partial charge on any atom is 0.331 e. The highest BCUT2D eigenvalue weighted by molar-refractivity contribution is 7.91. The van der Waals surface area contributed by atoms with Crippen molar-refractivity contribution in [3.8, 4) is 5.75 Å². The lowest BCUT2D eigenvalue weighted by Gasteiger charge is -2.32. The second-order valence-corrected chi connectivity index (χ2v) is 9.58. The van der Waals surface area contributed by atoms with Gasteiger partial charge >= 0.3 is 5.97 Å². The van der Waals surface area contributed by atoms with Crippen LogP contribution in [0.1, 0.15) is 39.5 Å². The lowest BCUT2D eigenvalue weighted by Crippen LogP contribution is -2.48. The molecule has 0 aromatic heterocycles. The van der Waals surface area contributed by atoms with Crippen molar-refractivity contribution in [1.29, 1.82) is 0 Å². The number of anilines is 1. The van der Waals surface area contributed by atoms with Crippen LogP contribution < -0.4 is 15.0 Å². The van der Waals surface area contributed by atoms with Gasteiger partial charge in [-0.2, -0.15) is 0 Å². The van der Waals surface area contributed by atoms with Crippen LogP contribution in [0.15, 0.2) is 23.1 Å². The SMILES string of the molecule is CCS(=O)(=O)c1ccc2c(c1)OC(=O)CN2CC(=O)NC1CCCCC1C. The Kier molecular flexibility index (Phi) is 5.74. The summed E-state index contributed by atoms with van der Waals surface area (Å²) in [7, 11) is -3.40. The first-order valence-corrected chi connectivity index (χ1v) is 11.1. The Balaban J connectivity index is 1.76. The van der Waals surface area contributed by atoms with E-state index in [0.717, 1.165) is 19.3 Å². The van der Waals surface area contributed by atoms with Crippen LogP contribution in [-0.4, -0.2) is 45.2 Å². The molecule has 2 atom stereocenters. The summed E-state index contributed by atoms with van der Waals surface area (Å²) < 4.78 is 29.3. The third kappa shape index (κ3) is 4.43. The lowest BCUT2D eigenvalue weighted by molar-refractivity contribution is -0.133. The van der Waals surface area contributed by atoms with Gasteiger partial charge in [-0.15, -0.1) is 0 Å². The van der Waals surface area contributed by atoms with E-state index in [-0.39, 0.29) is 41.4 Å². The van der Waals surface area contributed by atoms with Gasteiger partial charge in [0.2, 0.25) is 5.91 Å². The van der Waals surface area contributed by atoms with Crippen molar-refractivity contribution in [3.05, 3.63) is 18.2 Å². The Morgan fingerprint density at radius 1 is 1.30 bits per heavy atom. The predicted octanol–water partition coefficient (Wildman–Crippen LogP) is 1.90. The molecule has 0 saturated heterocycles. The fourth-order valence-electron chi connectivity index (χ4n) is 3.69. The summed E-state index contributed by atoms with van der Waals surface area (Å²) in [5.41, 5.74) is 0.552. The average Bonchev–Trinajstić information content (AvgIpc) is 2.63. The molecule has 2 unspecified atom stereocenters. The quantitative estimate of drug-likeness (QED) is 0.606. The van der Waals surface area contributed by atoms with E-state index in [1.54, 1.807) is 17.9 Å². The molecule has 3 rings (SSSR count). The molecule has 1 heterocycles. The Bertz CT molecular complexity index is 837. The molecule has 148 valence electrons. The van der Waals surface area contributed by atoms with Gasteiger partial charge in [0.15, 0.2) is 15.6 Å². The molecular weight excluding hydrogens is 368 g/mol. The molecule has 1 aromatic rings. The van der Waals surface area contributed by atoms with E-state index in [4.69, 9.17) is 4.74 Å². The molecule has 0 radical (unpaired) electrons. The standard InChI is InChI=1S/C19H26N2O5S/c1-3-27(24,25)14-8-9-16-17(10-14)26-19(23)12-21(16)11-18(22)20-15-7-5-4-6-13(15)2/h8-10,13,15H,3-7,11-12H2,1-2H3,(H,20,22). The molecule has 1 aliphatic heterocycles. The fourth-order valence-corrected chi connectivity index (χ4v) is 4.59. The van der Waals surface area contributed by atoms with Crippen LogP contribution in [0.5, 0.6) is 5.75 Å². The highest BCUT2D eigenvalue weighted by Crippen LogP contribution is 2.34. The number of nitrogens with zero attached hydrogens (tertiary/aromatic N) is 1. The van der Waals surface area contributed by atoms with E-state index in [1.165, 1.54) is 18.6 Å². The largest absolute Gasteiger partial charge is 0.423 e. The number of fused-ring (bicyclic) bond motifs is 1. The second kappa shape index (κ2) is 7.88. The Morgan fingerprint density at radius 3 is 2.74 bits per heavy atom. The van der Waals surface area contributed by atoms with Crippen molar-refractivity contribution in [2.24, 2.45) is 5.92 Å². The molecule has 0 bridgehead atoms. The van der Waals surface area contributed by atoms with Crippen molar-refractivity contribution in [2.75, 3.05) is 23.7 Å². The number of ether oxygens (including phenoxy) is 1. The first kappa shape index (κ1) is 19.7. The van der Waals surface area contributed by atoms with Crippen LogP contribution in [0.25, 0.3) is 0 Å². The molecule has 27 heavy (non-hydrogen) atoms. The molecule has 1 saturated carbocycles. The number of sulfone groups is 1. The summed E-state index contributed by atoms with van der Waals surface area (Å²) in [5, 5.41) is 3.08. The van der Waals surface area contributed by atoms with Crippen molar-refractivity contribution < 1.29 is 22.7 Å². The maximum absolute atomic E-state index is 12.5. The smallest absolute Gasteiger partial charge is 0.331 e. The van der Waals surface area contributed by atoms with Gasteiger partial charge in [0.1, 0.15) is 6.54 Å². The Hall–Kier alpha value is -2.09. The molecule has 8 heteroatoms. The van der Waals surface area contributed by atoms with E-state index in [0.29, 0.717) is 11.6 Å². The van der Waals surface area contributed by atoms with Crippen LogP contribution in [0.4, 0.5) is 5.69 Å². The first-order valence-electron chi connectivity index (χ1n) is 9.42. The van der Waals surface area contributed by atoms with E-state index in [2.05, 4.69) is 12.2 Å². The van der Waals surface area contributed by atoms with E-state index in [9.17, 15) is 18.0 Å². The lowest BCUT2D eigenvalue weighted by atomic mass is 9.86. The number of hydrogen-bond acceptors (Lipinski definition) is 6. The molecule has 1 N–H and O–H groups in total. The van der Waals surface area contributed by atoms with Gasteiger partial charge in [-0.05, 0) is 30.9 Å².